The highest BCUT2D eigenvalue weighted by Gasteiger charge is 2.31. The van der Waals surface area contributed by atoms with Crippen LogP contribution in [0.3, 0.4) is 0 Å². The first-order chi connectivity index (χ1) is 17.3. The van der Waals surface area contributed by atoms with Crippen molar-refractivity contribution in [3.63, 3.8) is 0 Å². The molecule has 2 aliphatic heterocycles. The van der Waals surface area contributed by atoms with Gasteiger partial charge in [-0.05, 0) is 71.8 Å². The molecule has 0 spiro atoms. The molecule has 1 atom stereocenters. The van der Waals surface area contributed by atoms with Gasteiger partial charge in [-0.2, -0.15) is 4.98 Å². The molecule has 1 N–H and O–H groups in total. The maximum absolute atomic E-state index is 5.02. The molecule has 3 heterocycles. The van der Waals surface area contributed by atoms with E-state index in [2.05, 4.69) is 92.9 Å². The van der Waals surface area contributed by atoms with Crippen LogP contribution in [-0.2, 0) is 6.42 Å². The number of hydrogen-bond donors (Lipinski definition) is 1. The van der Waals surface area contributed by atoms with Crippen LogP contribution in [0.1, 0.15) is 42.0 Å². The van der Waals surface area contributed by atoms with Crippen LogP contribution < -0.4 is 15.1 Å². The minimum absolute atomic E-state index is 0.284. The van der Waals surface area contributed by atoms with Crippen molar-refractivity contribution in [3.05, 3.63) is 89.6 Å². The van der Waals surface area contributed by atoms with Crippen LogP contribution in [0.25, 0.3) is 16.8 Å². The van der Waals surface area contributed by atoms with Crippen LogP contribution in [0.4, 0.5) is 23.1 Å². The first-order valence-electron chi connectivity index (χ1n) is 12.8. The number of nitrogens with one attached hydrogen (secondary N) is 1. The van der Waals surface area contributed by atoms with Gasteiger partial charge in [-0.1, -0.05) is 48.6 Å². The predicted molar refractivity (Wildman–Crippen MR) is 145 cm³/mol. The Bertz CT molecular complexity index is 1410. The van der Waals surface area contributed by atoms with E-state index in [0.717, 1.165) is 43.1 Å². The van der Waals surface area contributed by atoms with E-state index in [1.54, 1.807) is 0 Å². The maximum Gasteiger partial charge on any atom is 0.229 e. The van der Waals surface area contributed by atoms with Crippen LogP contribution in [0.5, 0.6) is 0 Å². The fraction of sp³-hybridized carbons (Fsp3) is 0.267. The average molecular weight is 460 g/mol. The van der Waals surface area contributed by atoms with Crippen molar-refractivity contribution >= 4 is 40.0 Å². The van der Waals surface area contributed by atoms with E-state index in [1.165, 1.54) is 46.8 Å². The van der Waals surface area contributed by atoms with Crippen LogP contribution in [0.15, 0.2) is 72.9 Å². The third-order valence-corrected chi connectivity index (χ3v) is 7.68. The zero-order valence-electron chi connectivity index (χ0n) is 19.8. The van der Waals surface area contributed by atoms with Gasteiger partial charge in [0.2, 0.25) is 5.95 Å². The quantitative estimate of drug-likeness (QED) is 0.378. The maximum atomic E-state index is 5.02. The molecule has 1 fully saturated rings. The fourth-order valence-corrected chi connectivity index (χ4v) is 5.98. The highest BCUT2D eigenvalue weighted by molar-refractivity contribution is 5.92. The van der Waals surface area contributed by atoms with Gasteiger partial charge in [-0.3, -0.25) is 0 Å². The molecule has 0 amide bonds. The first kappa shape index (κ1) is 20.5. The topological polar surface area (TPSA) is 44.3 Å². The summed E-state index contributed by atoms with van der Waals surface area (Å²) in [5, 5.41) is 6.18. The van der Waals surface area contributed by atoms with Crippen LogP contribution in [0.2, 0.25) is 0 Å². The summed E-state index contributed by atoms with van der Waals surface area (Å²) in [5.74, 6) is 1.65. The normalized spacial score (nSPS) is 18.7. The molecule has 7 rings (SSSR count). The first-order valence-corrected chi connectivity index (χ1v) is 12.8. The zero-order chi connectivity index (χ0) is 23.2. The van der Waals surface area contributed by atoms with E-state index in [-0.39, 0.29) is 6.04 Å². The Kier molecular flexibility index (Phi) is 4.93. The third-order valence-electron chi connectivity index (χ3n) is 7.68. The molecular weight excluding hydrogens is 430 g/mol. The summed E-state index contributed by atoms with van der Waals surface area (Å²) in [6.45, 7) is 3.16. The summed E-state index contributed by atoms with van der Waals surface area (Å²) < 4.78 is 0. The predicted octanol–water partition coefficient (Wildman–Crippen LogP) is 6.49. The summed E-state index contributed by atoms with van der Waals surface area (Å²) in [5.41, 5.74) is 6.22. The molecule has 174 valence electrons. The van der Waals surface area contributed by atoms with Crippen molar-refractivity contribution < 1.29 is 0 Å². The molecule has 1 saturated heterocycles. The Morgan fingerprint density at radius 2 is 1.71 bits per heavy atom. The number of anilines is 4. The Hall–Kier alpha value is -3.86. The number of rotatable bonds is 4. The molecule has 0 bridgehead atoms. The molecule has 3 aliphatic rings. The van der Waals surface area contributed by atoms with E-state index in [4.69, 9.17) is 4.98 Å². The molecule has 4 aromatic rings. The van der Waals surface area contributed by atoms with Gasteiger partial charge in [0.15, 0.2) is 0 Å². The van der Waals surface area contributed by atoms with Gasteiger partial charge in [0.05, 0.1) is 6.04 Å². The SMILES string of the molecule is C1=Cc2cnc(Nc3ccc(N4CCCCC4)cc3)nc2N(C2Cc3cccc4cccc2c34)C1. The third kappa shape index (κ3) is 3.63. The van der Waals surface area contributed by atoms with Gasteiger partial charge in [-0.15, -0.1) is 0 Å². The van der Waals surface area contributed by atoms with Crippen molar-refractivity contribution in [2.45, 2.75) is 31.7 Å². The number of hydrogen-bond acceptors (Lipinski definition) is 5. The van der Waals surface area contributed by atoms with Gasteiger partial charge in [0.25, 0.3) is 0 Å². The Labute approximate surface area is 206 Å². The number of aromatic nitrogens is 2. The molecule has 0 saturated carbocycles. The molecular formula is C30H29N5. The van der Waals surface area contributed by atoms with Crippen LogP contribution in [0, 0.1) is 0 Å². The fourth-order valence-electron chi connectivity index (χ4n) is 5.98. The lowest BCUT2D eigenvalue weighted by molar-refractivity contribution is 0.578. The molecule has 35 heavy (non-hydrogen) atoms. The molecule has 1 aromatic heterocycles. The Balaban J connectivity index is 1.17. The summed E-state index contributed by atoms with van der Waals surface area (Å²) in [6.07, 6.45) is 11.2. The Morgan fingerprint density at radius 3 is 2.57 bits per heavy atom. The van der Waals surface area contributed by atoms with E-state index < -0.39 is 0 Å². The monoisotopic (exact) mass is 459 g/mol. The summed E-state index contributed by atoms with van der Waals surface area (Å²) >= 11 is 0. The minimum Gasteiger partial charge on any atom is -0.372 e. The molecule has 1 aliphatic carbocycles. The molecule has 3 aromatic carbocycles. The zero-order valence-corrected chi connectivity index (χ0v) is 19.8. The second kappa shape index (κ2) is 8.42. The van der Waals surface area contributed by atoms with Gasteiger partial charge in [-0.25, -0.2) is 4.98 Å². The molecule has 0 radical (unpaired) electrons. The molecule has 1 unspecified atom stereocenters. The van der Waals surface area contributed by atoms with Crippen molar-refractivity contribution in [2.24, 2.45) is 0 Å². The standard InChI is InChI=1S/C30H29N5/c1-2-16-34(17-3-1)25-14-12-24(13-15-25)32-30-31-20-23-10-6-18-35(29(23)33-30)27-19-22-9-4-7-21-8-5-11-26(27)28(21)22/h4-15,20,27H,1-3,16-19H2,(H,31,32,33). The second-order valence-electron chi connectivity index (χ2n) is 9.83. The van der Waals surface area contributed by atoms with E-state index in [9.17, 15) is 0 Å². The van der Waals surface area contributed by atoms with Crippen molar-refractivity contribution in [1.29, 1.82) is 0 Å². The van der Waals surface area contributed by atoms with Gasteiger partial charge < -0.3 is 15.1 Å². The van der Waals surface area contributed by atoms with Crippen molar-refractivity contribution in [1.82, 2.24) is 9.97 Å². The van der Waals surface area contributed by atoms with E-state index >= 15 is 0 Å². The number of benzene rings is 3. The average Bonchev–Trinajstić information content (AvgIpc) is 3.30. The van der Waals surface area contributed by atoms with Crippen LogP contribution >= 0.6 is 0 Å². The van der Waals surface area contributed by atoms with Crippen LogP contribution in [-0.4, -0.2) is 29.6 Å². The molecule has 5 heteroatoms. The number of fused-ring (bicyclic) bond motifs is 1. The second-order valence-corrected chi connectivity index (χ2v) is 9.83. The van der Waals surface area contributed by atoms with E-state index in [0.29, 0.717) is 5.95 Å². The number of piperidine rings is 1. The smallest absolute Gasteiger partial charge is 0.229 e. The van der Waals surface area contributed by atoms with Gasteiger partial charge in [0, 0.05) is 42.8 Å². The molecule has 5 nitrogen and oxygen atoms in total. The summed E-state index contributed by atoms with van der Waals surface area (Å²) in [6, 6.07) is 22.3. The lowest BCUT2D eigenvalue weighted by Gasteiger charge is -2.33. The van der Waals surface area contributed by atoms with E-state index in [1.807, 2.05) is 6.20 Å². The summed E-state index contributed by atoms with van der Waals surface area (Å²) in [7, 11) is 0. The largest absolute Gasteiger partial charge is 0.372 e. The lowest BCUT2D eigenvalue weighted by Crippen LogP contribution is -2.32. The van der Waals surface area contributed by atoms with Gasteiger partial charge >= 0.3 is 0 Å². The minimum atomic E-state index is 0.284. The van der Waals surface area contributed by atoms with Gasteiger partial charge in [0.1, 0.15) is 5.82 Å². The van der Waals surface area contributed by atoms with Crippen molar-refractivity contribution in [3.8, 4) is 0 Å². The van der Waals surface area contributed by atoms with Crippen molar-refractivity contribution in [2.75, 3.05) is 34.8 Å². The number of nitrogens with zero attached hydrogens (tertiary/aromatic N) is 4. The highest BCUT2D eigenvalue weighted by Crippen LogP contribution is 2.43. The lowest BCUT2D eigenvalue weighted by atomic mass is 10.0. The Morgan fingerprint density at radius 1 is 0.886 bits per heavy atom. The highest BCUT2D eigenvalue weighted by atomic mass is 15.3. The summed E-state index contributed by atoms with van der Waals surface area (Å²) in [4.78, 5) is 14.6.